The summed E-state index contributed by atoms with van der Waals surface area (Å²) in [5.74, 6) is -0.993. The Balaban J connectivity index is 2.51. The van der Waals surface area contributed by atoms with Crippen LogP contribution in [0.3, 0.4) is 0 Å². The number of primary sulfonamides is 1. The quantitative estimate of drug-likeness (QED) is 0.384. The molecule has 2 aromatic rings. The zero-order valence-corrected chi connectivity index (χ0v) is 17.6. The number of unbranched alkanes of at least 4 members (excludes halogenated alkanes) is 1. The number of para-hydroxylation sites is 1. The van der Waals surface area contributed by atoms with E-state index in [1.54, 1.807) is 30.3 Å². The fourth-order valence-corrected chi connectivity index (χ4v) is 3.16. The lowest BCUT2D eigenvalue weighted by atomic mass is 10.1. The second kappa shape index (κ2) is 10.6. The first kappa shape index (κ1) is 23.2. The minimum atomic E-state index is -4.25. The van der Waals surface area contributed by atoms with Crippen LogP contribution in [0, 0.1) is 0 Å². The minimum Gasteiger partial charge on any atom is -0.454 e. The molecule has 9 nitrogen and oxygen atoms in total. The molecule has 30 heavy (non-hydrogen) atoms. The molecule has 0 atom stereocenters. The third-order valence-electron chi connectivity index (χ3n) is 4.02. The molecule has 0 aliphatic heterocycles. The first-order chi connectivity index (χ1) is 14.3. The number of hydrogen-bond donors (Lipinski definition) is 3. The Kier molecular flexibility index (Phi) is 8.19. The van der Waals surface area contributed by atoms with Crippen LogP contribution in [0.4, 0.5) is 5.69 Å². The van der Waals surface area contributed by atoms with Gasteiger partial charge in [-0.25, -0.2) is 18.4 Å². The third-order valence-corrected chi connectivity index (χ3v) is 4.94. The number of amides is 1. The number of anilines is 1. The van der Waals surface area contributed by atoms with Crippen molar-refractivity contribution in [1.29, 1.82) is 0 Å². The van der Waals surface area contributed by atoms with Gasteiger partial charge >= 0.3 is 5.97 Å². The highest BCUT2D eigenvalue weighted by Gasteiger charge is 2.24. The van der Waals surface area contributed by atoms with Gasteiger partial charge in [-0.1, -0.05) is 31.5 Å². The molecule has 1 amide bonds. The van der Waals surface area contributed by atoms with E-state index >= 15 is 0 Å². The number of sulfonamides is 1. The highest BCUT2D eigenvalue weighted by Crippen LogP contribution is 2.37. The molecule has 10 heteroatoms. The van der Waals surface area contributed by atoms with Crippen molar-refractivity contribution >= 4 is 27.6 Å². The first-order valence-electron chi connectivity index (χ1n) is 9.31. The van der Waals surface area contributed by atoms with Crippen molar-refractivity contribution in [2.75, 3.05) is 25.5 Å². The molecule has 0 aromatic heterocycles. The summed E-state index contributed by atoms with van der Waals surface area (Å²) in [4.78, 5) is 23.4. The maximum atomic E-state index is 12.4. The van der Waals surface area contributed by atoms with Crippen LogP contribution in [-0.4, -0.2) is 40.5 Å². The Labute approximate surface area is 175 Å². The highest BCUT2D eigenvalue weighted by molar-refractivity contribution is 7.89. The van der Waals surface area contributed by atoms with Gasteiger partial charge in [-0.3, -0.25) is 4.79 Å². The van der Waals surface area contributed by atoms with Gasteiger partial charge in [0.1, 0.15) is 10.6 Å². The van der Waals surface area contributed by atoms with Crippen molar-refractivity contribution in [3.8, 4) is 11.5 Å². The number of benzene rings is 2. The van der Waals surface area contributed by atoms with E-state index in [-0.39, 0.29) is 21.9 Å². The summed E-state index contributed by atoms with van der Waals surface area (Å²) in [6.45, 7) is 2.02. The lowest BCUT2D eigenvalue weighted by Gasteiger charge is -2.17. The third kappa shape index (κ3) is 6.46. The van der Waals surface area contributed by atoms with Crippen molar-refractivity contribution in [2.24, 2.45) is 5.14 Å². The van der Waals surface area contributed by atoms with Crippen LogP contribution in [0.1, 0.15) is 30.1 Å². The van der Waals surface area contributed by atoms with E-state index in [4.69, 9.17) is 14.6 Å². The van der Waals surface area contributed by atoms with Crippen molar-refractivity contribution in [2.45, 2.75) is 24.7 Å². The van der Waals surface area contributed by atoms with Crippen LogP contribution in [0.2, 0.25) is 0 Å². The van der Waals surface area contributed by atoms with Gasteiger partial charge < -0.3 is 20.1 Å². The summed E-state index contributed by atoms with van der Waals surface area (Å²) in [5.41, 5.74) is 0.188. The summed E-state index contributed by atoms with van der Waals surface area (Å²) in [5, 5.41) is 10.8. The van der Waals surface area contributed by atoms with Crippen LogP contribution < -0.4 is 20.5 Å². The van der Waals surface area contributed by atoms with Crippen LogP contribution in [0.25, 0.3) is 0 Å². The molecule has 2 aromatic carbocycles. The van der Waals surface area contributed by atoms with Gasteiger partial charge in [-0.15, -0.1) is 0 Å². The normalized spacial score (nSPS) is 10.9. The minimum absolute atomic E-state index is 0.0253. The number of ether oxygens (including phenoxy) is 2. The van der Waals surface area contributed by atoms with Gasteiger partial charge in [0.25, 0.3) is 5.91 Å². The fourth-order valence-electron chi connectivity index (χ4n) is 2.46. The van der Waals surface area contributed by atoms with E-state index in [1.807, 2.05) is 6.92 Å². The zero-order chi connectivity index (χ0) is 22.1. The average molecular weight is 436 g/mol. The smallest absolute Gasteiger partial charge is 0.338 e. The molecule has 0 bridgehead atoms. The molecule has 0 radical (unpaired) electrons. The molecular weight excluding hydrogens is 410 g/mol. The molecule has 0 unspecified atom stereocenters. The molecular formula is C20H25N3O6S. The lowest BCUT2D eigenvalue weighted by Crippen LogP contribution is -2.25. The van der Waals surface area contributed by atoms with Gasteiger partial charge in [0.05, 0.1) is 11.3 Å². The summed E-state index contributed by atoms with van der Waals surface area (Å²) in [6, 6.07) is 11.1. The number of nitrogens with two attached hydrogens (primary N) is 1. The molecule has 0 heterocycles. The molecule has 0 aliphatic carbocycles. The number of hydrogen-bond acceptors (Lipinski definition) is 7. The number of rotatable bonds is 10. The molecule has 162 valence electrons. The standard InChI is InChI=1S/C20H25N3O6S/c1-3-4-10-23-16-11-14(20(25)28-13-18(24)22-2)12-17(30(21,26)27)19(16)29-15-8-6-5-7-9-15/h5-9,11-12,23H,3-4,10,13H2,1-2H3,(H,22,24)(H2,21,26,27). The maximum absolute atomic E-state index is 12.4. The monoisotopic (exact) mass is 435 g/mol. The van der Waals surface area contributed by atoms with Crippen LogP contribution in [0.5, 0.6) is 11.5 Å². The Morgan fingerprint density at radius 2 is 1.83 bits per heavy atom. The van der Waals surface area contributed by atoms with E-state index in [0.29, 0.717) is 12.3 Å². The summed E-state index contributed by atoms with van der Waals surface area (Å²) < 4.78 is 35.3. The van der Waals surface area contributed by atoms with Gasteiger partial charge in [0.15, 0.2) is 12.4 Å². The molecule has 0 saturated heterocycles. The molecule has 0 fully saturated rings. The maximum Gasteiger partial charge on any atom is 0.338 e. The second-order valence-corrected chi connectivity index (χ2v) is 7.87. The molecule has 0 spiro atoms. The van der Waals surface area contributed by atoms with Crippen LogP contribution in [-0.2, 0) is 19.6 Å². The van der Waals surface area contributed by atoms with Crippen LogP contribution >= 0.6 is 0 Å². The van der Waals surface area contributed by atoms with Crippen molar-refractivity contribution in [3.63, 3.8) is 0 Å². The molecule has 0 saturated carbocycles. The number of nitrogens with one attached hydrogen (secondary N) is 2. The molecule has 4 N–H and O–H groups in total. The largest absolute Gasteiger partial charge is 0.454 e. The van der Waals surface area contributed by atoms with E-state index in [2.05, 4.69) is 10.6 Å². The Morgan fingerprint density at radius 1 is 1.13 bits per heavy atom. The average Bonchev–Trinajstić information content (AvgIpc) is 2.72. The summed E-state index contributed by atoms with van der Waals surface area (Å²) in [7, 11) is -2.85. The van der Waals surface area contributed by atoms with Gasteiger partial charge in [-0.2, -0.15) is 0 Å². The van der Waals surface area contributed by atoms with Crippen molar-refractivity contribution in [1.82, 2.24) is 5.32 Å². The second-order valence-electron chi connectivity index (χ2n) is 6.34. The predicted octanol–water partition coefficient (Wildman–Crippen LogP) is 2.24. The van der Waals surface area contributed by atoms with Gasteiger partial charge in [-0.05, 0) is 30.7 Å². The van der Waals surface area contributed by atoms with Gasteiger partial charge in [0, 0.05) is 13.6 Å². The summed E-state index contributed by atoms with van der Waals surface area (Å²) >= 11 is 0. The van der Waals surface area contributed by atoms with Gasteiger partial charge in [0.2, 0.25) is 10.0 Å². The van der Waals surface area contributed by atoms with Crippen LogP contribution in [0.15, 0.2) is 47.4 Å². The van der Waals surface area contributed by atoms with E-state index < -0.39 is 28.5 Å². The van der Waals surface area contributed by atoms with Crippen molar-refractivity contribution < 1.29 is 27.5 Å². The van der Waals surface area contributed by atoms with E-state index in [1.165, 1.54) is 13.1 Å². The Bertz CT molecular complexity index is 993. The SMILES string of the molecule is CCCCNc1cc(C(=O)OCC(=O)NC)cc(S(N)(=O)=O)c1Oc1ccccc1. The lowest BCUT2D eigenvalue weighted by molar-refractivity contribution is -0.123. The summed E-state index contributed by atoms with van der Waals surface area (Å²) in [6.07, 6.45) is 1.71. The first-order valence-corrected chi connectivity index (χ1v) is 10.9. The Hall–Kier alpha value is -3.11. The molecule has 2 rings (SSSR count). The predicted molar refractivity (Wildman–Crippen MR) is 112 cm³/mol. The highest BCUT2D eigenvalue weighted by atomic mass is 32.2. The molecule has 0 aliphatic rings. The van der Waals surface area contributed by atoms with Crippen molar-refractivity contribution in [3.05, 3.63) is 48.0 Å². The number of esters is 1. The van der Waals surface area contributed by atoms with E-state index in [0.717, 1.165) is 18.9 Å². The number of carbonyl (C=O) groups is 2. The topological polar surface area (TPSA) is 137 Å². The number of likely N-dealkylation sites (N-methyl/N-ethyl adjacent to an activating group) is 1. The van der Waals surface area contributed by atoms with E-state index in [9.17, 15) is 18.0 Å². The number of carbonyl (C=O) groups excluding carboxylic acids is 2. The zero-order valence-electron chi connectivity index (χ0n) is 16.8. The fraction of sp³-hybridized carbons (Fsp3) is 0.300. The Morgan fingerprint density at radius 3 is 2.43 bits per heavy atom.